The maximum Gasteiger partial charge on any atom is 0.266 e. The second-order valence-corrected chi connectivity index (χ2v) is 9.01. The SMILES string of the molecule is O=C(CCCN1C(=O)/C(=C\c2cccs2)SC1=S)NC1CCCCC1. The van der Waals surface area contributed by atoms with E-state index < -0.39 is 0 Å². The number of carbonyl (C=O) groups excluding carboxylic acids is 2. The molecule has 4 nitrogen and oxygen atoms in total. The number of carbonyl (C=O) groups is 2. The summed E-state index contributed by atoms with van der Waals surface area (Å²) in [4.78, 5) is 27.9. The van der Waals surface area contributed by atoms with Gasteiger partial charge in [-0.1, -0.05) is 49.3 Å². The van der Waals surface area contributed by atoms with Gasteiger partial charge in [-0.3, -0.25) is 14.5 Å². The van der Waals surface area contributed by atoms with E-state index in [1.807, 2.05) is 23.6 Å². The molecule has 1 aromatic heterocycles. The topological polar surface area (TPSA) is 49.4 Å². The number of nitrogens with one attached hydrogen (secondary N) is 1. The van der Waals surface area contributed by atoms with Crippen LogP contribution in [0.15, 0.2) is 22.4 Å². The van der Waals surface area contributed by atoms with Gasteiger partial charge in [-0.05, 0) is 36.8 Å². The fourth-order valence-electron chi connectivity index (χ4n) is 3.14. The first-order valence-electron chi connectivity index (χ1n) is 8.72. The minimum atomic E-state index is -0.0453. The maximum absolute atomic E-state index is 12.5. The number of thiophene rings is 1. The number of thiocarbonyl (C=S) groups is 1. The summed E-state index contributed by atoms with van der Waals surface area (Å²) in [5, 5.41) is 5.10. The molecule has 3 rings (SSSR count). The number of rotatable bonds is 6. The minimum absolute atomic E-state index is 0.0453. The quantitative estimate of drug-likeness (QED) is 0.581. The Morgan fingerprint density at radius 1 is 1.36 bits per heavy atom. The third-order valence-electron chi connectivity index (χ3n) is 4.45. The molecule has 0 spiro atoms. The summed E-state index contributed by atoms with van der Waals surface area (Å²) in [7, 11) is 0. The van der Waals surface area contributed by atoms with Gasteiger partial charge in [-0.2, -0.15) is 0 Å². The van der Waals surface area contributed by atoms with Gasteiger partial charge >= 0.3 is 0 Å². The van der Waals surface area contributed by atoms with Gasteiger partial charge in [0.2, 0.25) is 5.91 Å². The number of nitrogens with zero attached hydrogens (tertiary/aromatic N) is 1. The summed E-state index contributed by atoms with van der Waals surface area (Å²) in [6.07, 6.45) is 8.84. The number of hydrogen-bond donors (Lipinski definition) is 1. The monoisotopic (exact) mass is 394 g/mol. The molecule has 2 heterocycles. The molecule has 1 aliphatic heterocycles. The Labute approximate surface area is 162 Å². The number of thioether (sulfide) groups is 1. The van der Waals surface area contributed by atoms with Gasteiger partial charge in [0, 0.05) is 23.9 Å². The summed E-state index contributed by atoms with van der Waals surface area (Å²) < 4.78 is 0.584. The molecule has 1 saturated carbocycles. The minimum Gasteiger partial charge on any atom is -0.353 e. The molecule has 0 radical (unpaired) electrons. The van der Waals surface area contributed by atoms with E-state index in [-0.39, 0.29) is 11.8 Å². The van der Waals surface area contributed by atoms with Crippen LogP contribution >= 0.6 is 35.3 Å². The van der Waals surface area contributed by atoms with E-state index in [0.717, 1.165) is 17.7 Å². The summed E-state index contributed by atoms with van der Waals surface area (Å²) in [6, 6.07) is 4.28. The third-order valence-corrected chi connectivity index (χ3v) is 6.64. The van der Waals surface area contributed by atoms with Crippen molar-refractivity contribution in [1.82, 2.24) is 10.2 Å². The van der Waals surface area contributed by atoms with E-state index in [0.29, 0.717) is 34.7 Å². The summed E-state index contributed by atoms with van der Waals surface area (Å²) in [5.74, 6) is 0.0440. The maximum atomic E-state index is 12.5. The molecule has 1 aliphatic carbocycles. The van der Waals surface area contributed by atoms with Crippen LogP contribution in [-0.4, -0.2) is 33.6 Å². The average Bonchev–Trinajstić information content (AvgIpc) is 3.19. The van der Waals surface area contributed by atoms with Gasteiger partial charge in [0.05, 0.1) is 4.91 Å². The largest absolute Gasteiger partial charge is 0.353 e. The van der Waals surface area contributed by atoms with Crippen LogP contribution in [0.4, 0.5) is 0 Å². The van der Waals surface area contributed by atoms with E-state index >= 15 is 0 Å². The molecule has 0 atom stereocenters. The summed E-state index contributed by atoms with van der Waals surface area (Å²) in [6.45, 7) is 0.504. The van der Waals surface area contributed by atoms with Crippen LogP contribution in [0, 0.1) is 0 Å². The predicted octanol–water partition coefficient (Wildman–Crippen LogP) is 4.18. The van der Waals surface area contributed by atoms with Crippen LogP contribution in [0.2, 0.25) is 0 Å². The normalized spacial score (nSPS) is 20.5. The lowest BCUT2D eigenvalue weighted by Gasteiger charge is -2.23. The molecule has 0 unspecified atom stereocenters. The molecule has 1 saturated heterocycles. The van der Waals surface area contributed by atoms with Crippen LogP contribution in [0.1, 0.15) is 49.8 Å². The second kappa shape index (κ2) is 8.96. The smallest absolute Gasteiger partial charge is 0.266 e. The fourth-order valence-corrected chi connectivity index (χ4v) is 5.17. The number of amides is 2. The lowest BCUT2D eigenvalue weighted by molar-refractivity contribution is -0.124. The van der Waals surface area contributed by atoms with Gasteiger partial charge in [0.25, 0.3) is 5.91 Å². The molecule has 1 N–H and O–H groups in total. The van der Waals surface area contributed by atoms with Gasteiger partial charge in [0.15, 0.2) is 0 Å². The first kappa shape index (κ1) is 18.6. The molecule has 25 heavy (non-hydrogen) atoms. The highest BCUT2D eigenvalue weighted by Crippen LogP contribution is 2.33. The standard InChI is InChI=1S/C18H22N2O2S3/c21-16(19-13-6-2-1-3-7-13)9-4-10-20-17(22)15(25-18(20)23)12-14-8-5-11-24-14/h5,8,11-13H,1-4,6-7,9-10H2,(H,19,21)/b15-12+. The summed E-state index contributed by atoms with van der Waals surface area (Å²) in [5.41, 5.74) is 0. The predicted molar refractivity (Wildman–Crippen MR) is 108 cm³/mol. The fraction of sp³-hybridized carbons (Fsp3) is 0.500. The highest BCUT2D eigenvalue weighted by molar-refractivity contribution is 8.26. The van der Waals surface area contributed by atoms with Crippen molar-refractivity contribution in [2.75, 3.05) is 6.54 Å². The van der Waals surface area contributed by atoms with Crippen molar-refractivity contribution in [1.29, 1.82) is 0 Å². The molecule has 2 amide bonds. The van der Waals surface area contributed by atoms with Crippen molar-refractivity contribution in [2.24, 2.45) is 0 Å². The van der Waals surface area contributed by atoms with Gasteiger partial charge in [-0.25, -0.2) is 0 Å². The Bertz CT molecular complexity index is 664. The van der Waals surface area contributed by atoms with Crippen molar-refractivity contribution in [3.8, 4) is 0 Å². The van der Waals surface area contributed by atoms with E-state index in [2.05, 4.69) is 5.32 Å². The van der Waals surface area contributed by atoms with Gasteiger partial charge < -0.3 is 5.32 Å². The van der Waals surface area contributed by atoms with Crippen LogP contribution < -0.4 is 5.32 Å². The zero-order valence-corrected chi connectivity index (χ0v) is 16.5. The Hall–Kier alpha value is -1.18. The molecule has 0 bridgehead atoms. The third kappa shape index (κ3) is 5.15. The Balaban J connectivity index is 1.45. The van der Waals surface area contributed by atoms with Crippen LogP contribution in [-0.2, 0) is 9.59 Å². The average molecular weight is 395 g/mol. The van der Waals surface area contributed by atoms with Crippen molar-refractivity contribution in [3.05, 3.63) is 27.3 Å². The molecule has 0 aromatic carbocycles. The van der Waals surface area contributed by atoms with Crippen molar-refractivity contribution >= 4 is 57.5 Å². The molecule has 2 aliphatic rings. The highest BCUT2D eigenvalue weighted by atomic mass is 32.2. The molecular weight excluding hydrogens is 372 g/mol. The Kier molecular flexibility index (Phi) is 6.67. The van der Waals surface area contributed by atoms with E-state index in [4.69, 9.17) is 12.2 Å². The molecule has 1 aromatic rings. The summed E-state index contributed by atoms with van der Waals surface area (Å²) >= 11 is 8.27. The number of hydrogen-bond acceptors (Lipinski definition) is 5. The molecule has 7 heteroatoms. The van der Waals surface area contributed by atoms with Crippen LogP contribution in [0.25, 0.3) is 6.08 Å². The van der Waals surface area contributed by atoms with Crippen LogP contribution in [0.5, 0.6) is 0 Å². The Morgan fingerprint density at radius 3 is 2.88 bits per heavy atom. The van der Waals surface area contributed by atoms with E-state index in [9.17, 15) is 9.59 Å². The zero-order chi connectivity index (χ0) is 17.6. The van der Waals surface area contributed by atoms with Crippen molar-refractivity contribution in [2.45, 2.75) is 51.0 Å². The second-order valence-electron chi connectivity index (χ2n) is 6.35. The first-order valence-corrected chi connectivity index (χ1v) is 10.8. The molecule has 134 valence electrons. The lowest BCUT2D eigenvalue weighted by Crippen LogP contribution is -2.36. The lowest BCUT2D eigenvalue weighted by atomic mass is 9.95. The van der Waals surface area contributed by atoms with E-state index in [1.54, 1.807) is 16.2 Å². The van der Waals surface area contributed by atoms with Gasteiger partial charge in [-0.15, -0.1) is 11.3 Å². The first-order chi connectivity index (χ1) is 12.1. The Morgan fingerprint density at radius 2 is 2.16 bits per heavy atom. The van der Waals surface area contributed by atoms with E-state index in [1.165, 1.54) is 31.0 Å². The molecule has 2 fully saturated rings. The molecular formula is C18H22N2O2S3. The van der Waals surface area contributed by atoms with Crippen LogP contribution in [0.3, 0.4) is 0 Å². The highest BCUT2D eigenvalue weighted by Gasteiger charge is 2.31. The zero-order valence-electron chi connectivity index (χ0n) is 14.0. The van der Waals surface area contributed by atoms with Gasteiger partial charge in [0.1, 0.15) is 4.32 Å². The van der Waals surface area contributed by atoms with Crippen molar-refractivity contribution < 1.29 is 9.59 Å². The van der Waals surface area contributed by atoms with Crippen molar-refractivity contribution in [3.63, 3.8) is 0 Å².